The molecule has 0 aromatic heterocycles. The van der Waals surface area contributed by atoms with Crippen LogP contribution in [0.4, 0.5) is 5.69 Å². The Morgan fingerprint density at radius 3 is 1.92 bits per heavy atom. The maximum atomic E-state index is 5.63. The molecule has 0 aliphatic rings. The molecule has 1 heteroatoms. The van der Waals surface area contributed by atoms with E-state index in [0.29, 0.717) is 0 Å². The van der Waals surface area contributed by atoms with E-state index in [-0.39, 0.29) is 0 Å². The van der Waals surface area contributed by atoms with Gasteiger partial charge in [-0.15, -0.1) is 0 Å². The van der Waals surface area contributed by atoms with Crippen molar-refractivity contribution >= 4 is 5.69 Å². The molecule has 0 spiro atoms. The first-order valence-corrected chi connectivity index (χ1v) is 4.59. The highest BCUT2D eigenvalue weighted by atomic mass is 14.5. The van der Waals surface area contributed by atoms with E-state index in [0.717, 1.165) is 12.1 Å². The lowest BCUT2D eigenvalue weighted by Gasteiger charge is -1.98. The van der Waals surface area contributed by atoms with Gasteiger partial charge in [-0.25, -0.2) is 0 Å². The van der Waals surface area contributed by atoms with Crippen molar-refractivity contribution in [2.24, 2.45) is 0 Å². The summed E-state index contributed by atoms with van der Waals surface area (Å²) in [6, 6.07) is 7.94. The third-order valence-corrected chi connectivity index (χ3v) is 1.44. The summed E-state index contributed by atoms with van der Waals surface area (Å²) in [5, 5.41) is 0. The van der Waals surface area contributed by atoms with E-state index in [4.69, 9.17) is 5.73 Å². The normalized spacial score (nSPS) is 8.58. The molecule has 0 heterocycles. The fourth-order valence-corrected chi connectivity index (χ4v) is 0.856. The molecule has 0 saturated carbocycles. The Labute approximate surface area is 75.6 Å². The number of para-hydroxylation sites is 1. The Morgan fingerprint density at radius 1 is 1.08 bits per heavy atom. The van der Waals surface area contributed by atoms with Crippen molar-refractivity contribution in [1.82, 2.24) is 0 Å². The minimum atomic E-state index is 0.903. The Bertz CT molecular complexity index is 206. The summed E-state index contributed by atoms with van der Waals surface area (Å²) in [6.07, 6.45) is 2.27. The van der Waals surface area contributed by atoms with Crippen molar-refractivity contribution in [2.45, 2.75) is 33.6 Å². The lowest BCUT2D eigenvalue weighted by atomic mass is 10.1. The largest absolute Gasteiger partial charge is 0.399 e. The molecular weight excluding hydrogens is 146 g/mol. The topological polar surface area (TPSA) is 26.0 Å². The molecule has 1 rings (SSSR count). The van der Waals surface area contributed by atoms with Crippen LogP contribution in [-0.4, -0.2) is 0 Å². The van der Waals surface area contributed by atoms with Gasteiger partial charge >= 0.3 is 0 Å². The summed E-state index contributed by atoms with van der Waals surface area (Å²) in [5.41, 5.74) is 7.77. The van der Waals surface area contributed by atoms with E-state index < -0.39 is 0 Å². The standard InChI is InChI=1S/C8H11N.C3H8/c1-2-7-5-3-4-6-8(7)9;1-3-2/h3-6H,2,9H2,1H3;3H2,1-2H3. The van der Waals surface area contributed by atoms with Crippen LogP contribution in [0.15, 0.2) is 24.3 Å². The van der Waals surface area contributed by atoms with Crippen LogP contribution < -0.4 is 5.73 Å². The molecule has 1 nitrogen and oxygen atoms in total. The first-order chi connectivity index (χ1) is 5.76. The molecule has 1 aromatic carbocycles. The van der Waals surface area contributed by atoms with Gasteiger partial charge < -0.3 is 5.73 Å². The molecule has 0 aliphatic carbocycles. The second-order valence-corrected chi connectivity index (χ2v) is 2.76. The summed E-state index contributed by atoms with van der Waals surface area (Å²) >= 11 is 0. The van der Waals surface area contributed by atoms with Crippen molar-refractivity contribution in [3.63, 3.8) is 0 Å². The summed E-state index contributed by atoms with van der Waals surface area (Å²) in [6.45, 7) is 6.35. The van der Waals surface area contributed by atoms with Crippen molar-refractivity contribution in [3.05, 3.63) is 29.8 Å². The number of rotatable bonds is 1. The number of hydrogen-bond donors (Lipinski definition) is 1. The second kappa shape index (κ2) is 6.71. The van der Waals surface area contributed by atoms with Gasteiger partial charge in [-0.2, -0.15) is 0 Å². The lowest BCUT2D eigenvalue weighted by Crippen LogP contribution is -1.90. The molecule has 68 valence electrons. The Balaban J connectivity index is 0.000000354. The number of aryl methyl sites for hydroxylation is 1. The maximum absolute atomic E-state index is 5.63. The minimum absolute atomic E-state index is 0.903. The van der Waals surface area contributed by atoms with Gasteiger partial charge in [-0.3, -0.25) is 0 Å². The number of nitrogens with two attached hydrogens (primary N) is 1. The molecule has 2 N–H and O–H groups in total. The summed E-state index contributed by atoms with van der Waals surface area (Å²) in [7, 11) is 0. The molecule has 0 bridgehead atoms. The number of hydrogen-bond acceptors (Lipinski definition) is 1. The van der Waals surface area contributed by atoms with Crippen molar-refractivity contribution < 1.29 is 0 Å². The van der Waals surface area contributed by atoms with Gasteiger partial charge in [-0.1, -0.05) is 45.4 Å². The second-order valence-electron chi connectivity index (χ2n) is 2.76. The molecule has 0 unspecified atom stereocenters. The first kappa shape index (κ1) is 11.0. The third-order valence-electron chi connectivity index (χ3n) is 1.44. The molecule has 0 saturated heterocycles. The van der Waals surface area contributed by atoms with Gasteiger partial charge in [0.1, 0.15) is 0 Å². The number of anilines is 1. The average Bonchev–Trinajstić information content (AvgIpc) is 2.07. The van der Waals surface area contributed by atoms with Crippen LogP contribution in [0.1, 0.15) is 32.8 Å². The van der Waals surface area contributed by atoms with Crippen LogP contribution >= 0.6 is 0 Å². The zero-order valence-corrected chi connectivity index (χ0v) is 8.30. The van der Waals surface area contributed by atoms with E-state index >= 15 is 0 Å². The van der Waals surface area contributed by atoms with E-state index in [9.17, 15) is 0 Å². The van der Waals surface area contributed by atoms with E-state index in [2.05, 4.69) is 26.8 Å². The van der Waals surface area contributed by atoms with E-state index in [1.165, 1.54) is 12.0 Å². The van der Waals surface area contributed by atoms with Gasteiger partial charge in [0.05, 0.1) is 0 Å². The highest BCUT2D eigenvalue weighted by molar-refractivity contribution is 5.46. The molecule has 0 aliphatic heterocycles. The first-order valence-electron chi connectivity index (χ1n) is 4.59. The summed E-state index contributed by atoms with van der Waals surface area (Å²) in [5.74, 6) is 0. The van der Waals surface area contributed by atoms with E-state index in [1.807, 2.05) is 18.2 Å². The molecule has 1 aromatic rings. The maximum Gasteiger partial charge on any atom is 0.0346 e. The fraction of sp³-hybridized carbons (Fsp3) is 0.455. The molecule has 0 amide bonds. The number of benzene rings is 1. The highest BCUT2D eigenvalue weighted by Crippen LogP contribution is 2.09. The van der Waals surface area contributed by atoms with Crippen molar-refractivity contribution in [2.75, 3.05) is 5.73 Å². The van der Waals surface area contributed by atoms with Crippen LogP contribution in [0.5, 0.6) is 0 Å². The number of nitrogen functional groups attached to an aromatic ring is 1. The summed E-state index contributed by atoms with van der Waals surface area (Å²) < 4.78 is 0. The predicted molar refractivity (Wildman–Crippen MR) is 56.2 cm³/mol. The Kier molecular flexibility index (Phi) is 6.16. The lowest BCUT2D eigenvalue weighted by molar-refractivity contribution is 1.09. The van der Waals surface area contributed by atoms with E-state index in [1.54, 1.807) is 0 Å². The van der Waals surface area contributed by atoms with Crippen LogP contribution in [0.3, 0.4) is 0 Å². The molecule has 0 fully saturated rings. The van der Waals surface area contributed by atoms with Gasteiger partial charge in [0.25, 0.3) is 0 Å². The van der Waals surface area contributed by atoms with Crippen molar-refractivity contribution in [1.29, 1.82) is 0 Å². The van der Waals surface area contributed by atoms with Crippen LogP contribution in [0, 0.1) is 0 Å². The molecule has 0 radical (unpaired) electrons. The minimum Gasteiger partial charge on any atom is -0.399 e. The molecule has 0 atom stereocenters. The highest BCUT2D eigenvalue weighted by Gasteiger charge is 1.90. The Hall–Kier alpha value is -0.980. The fourth-order valence-electron chi connectivity index (χ4n) is 0.856. The van der Waals surface area contributed by atoms with Crippen LogP contribution in [0.2, 0.25) is 0 Å². The molecule has 12 heavy (non-hydrogen) atoms. The zero-order valence-electron chi connectivity index (χ0n) is 8.30. The zero-order chi connectivity index (χ0) is 9.40. The SMILES string of the molecule is CCC.CCc1ccccc1N. The summed E-state index contributed by atoms with van der Waals surface area (Å²) in [4.78, 5) is 0. The monoisotopic (exact) mass is 165 g/mol. The average molecular weight is 165 g/mol. The third kappa shape index (κ3) is 4.02. The van der Waals surface area contributed by atoms with Crippen LogP contribution in [-0.2, 0) is 6.42 Å². The quantitative estimate of drug-likeness (QED) is 0.635. The van der Waals surface area contributed by atoms with Gasteiger partial charge in [0, 0.05) is 5.69 Å². The van der Waals surface area contributed by atoms with Crippen molar-refractivity contribution in [3.8, 4) is 0 Å². The van der Waals surface area contributed by atoms with Gasteiger partial charge in [0.15, 0.2) is 0 Å². The Morgan fingerprint density at radius 2 is 1.58 bits per heavy atom. The molecular formula is C11H19N. The van der Waals surface area contributed by atoms with Gasteiger partial charge in [-0.05, 0) is 18.1 Å². The predicted octanol–water partition coefficient (Wildman–Crippen LogP) is 3.25. The smallest absolute Gasteiger partial charge is 0.0346 e. The van der Waals surface area contributed by atoms with Gasteiger partial charge in [0.2, 0.25) is 0 Å². The van der Waals surface area contributed by atoms with Crippen LogP contribution in [0.25, 0.3) is 0 Å².